The van der Waals surface area contributed by atoms with Crippen molar-refractivity contribution in [2.45, 2.75) is 12.5 Å². The van der Waals surface area contributed by atoms with E-state index in [0.717, 1.165) is 22.2 Å². The molecule has 142 valence electrons. The number of aliphatic hydroxyl groups excluding tert-OH is 1. The van der Waals surface area contributed by atoms with Crippen molar-refractivity contribution < 1.29 is 14.7 Å². The molecule has 2 aromatic carbocycles. The Morgan fingerprint density at radius 1 is 1.29 bits per heavy atom. The Labute approximate surface area is 162 Å². The molecule has 4 rings (SSSR count). The van der Waals surface area contributed by atoms with Crippen molar-refractivity contribution in [3.8, 4) is 18.0 Å². The minimum absolute atomic E-state index is 0.148. The predicted octanol–water partition coefficient (Wildman–Crippen LogP) is 1.32. The van der Waals surface area contributed by atoms with Gasteiger partial charge in [-0.25, -0.2) is 4.68 Å². The average molecular weight is 376 g/mol. The van der Waals surface area contributed by atoms with Gasteiger partial charge in [-0.15, -0.1) is 6.42 Å². The van der Waals surface area contributed by atoms with Gasteiger partial charge in [0.05, 0.1) is 11.2 Å². The highest BCUT2D eigenvalue weighted by Gasteiger charge is 2.26. The fourth-order valence-electron chi connectivity index (χ4n) is 2.98. The zero-order valence-electron chi connectivity index (χ0n) is 15.4. The highest BCUT2D eigenvalue weighted by molar-refractivity contribution is 6.04. The van der Waals surface area contributed by atoms with Crippen LogP contribution in [0.4, 0.5) is 0 Å². The van der Waals surface area contributed by atoms with Gasteiger partial charge in [0.15, 0.2) is 5.69 Å². The van der Waals surface area contributed by atoms with E-state index >= 15 is 0 Å². The molecule has 0 unspecified atom stereocenters. The standard InChI is InChI=1S/C16H11N3O.C5H9NO2/c1-2-11-6-5-7-12(10-11)19-14-9-4-3-8-13(14)15(18-19)16(17)20;1-6-3-2-4(7)5(6)8/h1,3-10H,(H2,17,20);4,7H,2-3H2,1H3/t;4-/m.0/s1. The van der Waals surface area contributed by atoms with Gasteiger partial charge in [-0.3, -0.25) is 9.59 Å². The Hall–Kier alpha value is -3.63. The smallest absolute Gasteiger partial charge is 0.269 e. The quantitative estimate of drug-likeness (QED) is 0.659. The van der Waals surface area contributed by atoms with Crippen LogP contribution in [-0.2, 0) is 4.79 Å². The third-order valence-corrected chi connectivity index (χ3v) is 4.48. The van der Waals surface area contributed by atoms with Crippen LogP contribution in [0.5, 0.6) is 0 Å². The fraction of sp³-hybridized carbons (Fsp3) is 0.190. The summed E-state index contributed by atoms with van der Waals surface area (Å²) in [6, 6.07) is 14.8. The highest BCUT2D eigenvalue weighted by Crippen LogP contribution is 2.22. The molecule has 1 saturated heterocycles. The molecule has 1 aliphatic rings. The second-order valence-electron chi connectivity index (χ2n) is 6.40. The van der Waals surface area contributed by atoms with Crippen LogP contribution in [0, 0.1) is 12.3 Å². The summed E-state index contributed by atoms with van der Waals surface area (Å²) in [7, 11) is 1.69. The number of aliphatic hydroxyl groups is 1. The minimum Gasteiger partial charge on any atom is -0.383 e. The van der Waals surface area contributed by atoms with Gasteiger partial charge < -0.3 is 15.7 Å². The van der Waals surface area contributed by atoms with Crippen molar-refractivity contribution in [3.05, 3.63) is 59.8 Å². The Morgan fingerprint density at radius 2 is 2.04 bits per heavy atom. The van der Waals surface area contributed by atoms with Gasteiger partial charge in [0, 0.05) is 24.5 Å². The number of primary amides is 1. The summed E-state index contributed by atoms with van der Waals surface area (Å²) < 4.78 is 1.68. The van der Waals surface area contributed by atoms with E-state index in [-0.39, 0.29) is 11.6 Å². The number of carbonyl (C=O) groups is 2. The van der Waals surface area contributed by atoms with Crippen molar-refractivity contribution in [2.24, 2.45) is 5.73 Å². The van der Waals surface area contributed by atoms with Gasteiger partial charge in [0.25, 0.3) is 11.8 Å². The monoisotopic (exact) mass is 376 g/mol. The molecule has 0 radical (unpaired) electrons. The maximum Gasteiger partial charge on any atom is 0.269 e. The summed E-state index contributed by atoms with van der Waals surface area (Å²) in [4.78, 5) is 23.6. The molecule has 1 aromatic heterocycles. The molecule has 1 atom stereocenters. The lowest BCUT2D eigenvalue weighted by Crippen LogP contribution is -2.24. The zero-order valence-corrected chi connectivity index (χ0v) is 15.4. The molecular formula is C21H20N4O3. The molecule has 2 heterocycles. The first kappa shape index (κ1) is 19.1. The summed E-state index contributed by atoms with van der Waals surface area (Å²) in [5.74, 6) is 1.89. The number of aromatic nitrogens is 2. The van der Waals surface area contributed by atoms with E-state index in [4.69, 9.17) is 17.3 Å². The van der Waals surface area contributed by atoms with Gasteiger partial charge in [-0.05, 0) is 30.7 Å². The van der Waals surface area contributed by atoms with Crippen LogP contribution in [0.25, 0.3) is 16.6 Å². The van der Waals surface area contributed by atoms with Crippen LogP contribution in [0.3, 0.4) is 0 Å². The highest BCUT2D eigenvalue weighted by atomic mass is 16.3. The van der Waals surface area contributed by atoms with Gasteiger partial charge >= 0.3 is 0 Å². The van der Waals surface area contributed by atoms with Crippen LogP contribution in [0.15, 0.2) is 48.5 Å². The molecular weight excluding hydrogens is 356 g/mol. The third-order valence-electron chi connectivity index (χ3n) is 4.48. The van der Waals surface area contributed by atoms with Crippen LogP contribution in [0.1, 0.15) is 22.5 Å². The van der Waals surface area contributed by atoms with Crippen LogP contribution >= 0.6 is 0 Å². The SMILES string of the molecule is C#Cc1cccc(-n2nc(C(N)=O)c3ccccc32)c1.CN1CC[C@H](O)C1=O. The van der Waals surface area contributed by atoms with Gasteiger partial charge in [-0.2, -0.15) is 5.10 Å². The number of nitrogens with zero attached hydrogens (tertiary/aromatic N) is 3. The van der Waals surface area contributed by atoms with Crippen LogP contribution in [-0.4, -0.2) is 51.3 Å². The number of fused-ring (bicyclic) bond motifs is 1. The van der Waals surface area contributed by atoms with E-state index in [1.165, 1.54) is 4.90 Å². The molecule has 0 saturated carbocycles. The lowest BCUT2D eigenvalue weighted by molar-refractivity contribution is -0.133. The minimum atomic E-state index is -0.722. The Balaban J connectivity index is 0.000000236. The second-order valence-corrected chi connectivity index (χ2v) is 6.40. The van der Waals surface area contributed by atoms with E-state index < -0.39 is 12.0 Å². The number of hydrogen-bond donors (Lipinski definition) is 2. The number of likely N-dealkylation sites (tertiary alicyclic amines) is 1. The van der Waals surface area contributed by atoms with Crippen LogP contribution in [0.2, 0.25) is 0 Å². The summed E-state index contributed by atoms with van der Waals surface area (Å²) in [5.41, 5.74) is 8.00. The normalized spacial score (nSPS) is 15.8. The fourth-order valence-corrected chi connectivity index (χ4v) is 2.98. The summed E-state index contributed by atoms with van der Waals surface area (Å²) in [6.45, 7) is 0.694. The number of amides is 2. The van der Waals surface area contributed by atoms with Crippen molar-refractivity contribution >= 4 is 22.7 Å². The first-order valence-electron chi connectivity index (χ1n) is 8.70. The Kier molecular flexibility index (Phi) is 5.43. The lowest BCUT2D eigenvalue weighted by Gasteiger charge is -2.04. The second kappa shape index (κ2) is 7.94. The first-order chi connectivity index (χ1) is 13.4. The number of nitrogens with two attached hydrogens (primary N) is 1. The molecule has 7 nitrogen and oxygen atoms in total. The van der Waals surface area contributed by atoms with Crippen LogP contribution < -0.4 is 5.73 Å². The topological polar surface area (TPSA) is 101 Å². The molecule has 1 fully saturated rings. The van der Waals surface area contributed by atoms with Crippen molar-refractivity contribution in [1.82, 2.24) is 14.7 Å². The van der Waals surface area contributed by atoms with E-state index in [1.54, 1.807) is 11.7 Å². The molecule has 0 aliphatic carbocycles. The van der Waals surface area contributed by atoms with E-state index in [2.05, 4.69) is 11.0 Å². The number of hydrogen-bond acceptors (Lipinski definition) is 4. The Bertz CT molecular complexity index is 1070. The number of para-hydroxylation sites is 1. The van der Waals surface area contributed by atoms with Gasteiger partial charge in [-0.1, -0.05) is 30.2 Å². The maximum absolute atomic E-state index is 11.5. The largest absolute Gasteiger partial charge is 0.383 e. The van der Waals surface area contributed by atoms with Crippen molar-refractivity contribution in [3.63, 3.8) is 0 Å². The summed E-state index contributed by atoms with van der Waals surface area (Å²) >= 11 is 0. The van der Waals surface area contributed by atoms with E-state index in [0.29, 0.717) is 13.0 Å². The summed E-state index contributed by atoms with van der Waals surface area (Å²) in [6.07, 6.45) is 5.28. The van der Waals surface area contributed by atoms with Crippen molar-refractivity contribution in [2.75, 3.05) is 13.6 Å². The first-order valence-corrected chi connectivity index (χ1v) is 8.70. The molecule has 0 spiro atoms. The molecule has 0 bridgehead atoms. The molecule has 1 aliphatic heterocycles. The van der Waals surface area contributed by atoms with Crippen molar-refractivity contribution in [1.29, 1.82) is 0 Å². The third kappa shape index (κ3) is 3.72. The average Bonchev–Trinajstić information content (AvgIpc) is 3.24. The molecule has 28 heavy (non-hydrogen) atoms. The maximum atomic E-state index is 11.5. The molecule has 3 N–H and O–H groups in total. The molecule has 2 amide bonds. The Morgan fingerprint density at radius 3 is 2.61 bits per heavy atom. The number of carbonyl (C=O) groups excluding carboxylic acids is 2. The zero-order chi connectivity index (χ0) is 20.3. The van der Waals surface area contributed by atoms with Gasteiger partial charge in [0.2, 0.25) is 0 Å². The lowest BCUT2D eigenvalue weighted by atomic mass is 10.2. The molecule has 7 heteroatoms. The number of benzene rings is 2. The number of rotatable bonds is 2. The van der Waals surface area contributed by atoms with Gasteiger partial charge in [0.1, 0.15) is 6.10 Å². The van der Waals surface area contributed by atoms with E-state index in [9.17, 15) is 9.59 Å². The predicted molar refractivity (Wildman–Crippen MR) is 106 cm³/mol. The summed E-state index contributed by atoms with van der Waals surface area (Å²) in [5, 5.41) is 13.8. The number of terminal acetylenes is 1. The number of likely N-dealkylation sites (N-methyl/N-ethyl adjacent to an activating group) is 1. The van der Waals surface area contributed by atoms with E-state index in [1.807, 2.05) is 48.5 Å². The molecule has 3 aromatic rings.